The Morgan fingerprint density at radius 3 is 2.71 bits per heavy atom. The lowest BCUT2D eigenvalue weighted by Gasteiger charge is -2.29. The molecule has 1 amide bonds. The van der Waals surface area contributed by atoms with Crippen LogP contribution in [0.5, 0.6) is 5.75 Å². The van der Waals surface area contributed by atoms with Gasteiger partial charge in [-0.25, -0.2) is 0 Å². The third kappa shape index (κ3) is 2.77. The molecule has 1 aromatic rings. The Morgan fingerprint density at radius 2 is 2.12 bits per heavy atom. The highest BCUT2D eigenvalue weighted by Gasteiger charge is 2.26. The summed E-state index contributed by atoms with van der Waals surface area (Å²) in [4.78, 5) is 11.5. The van der Waals surface area contributed by atoms with Crippen molar-refractivity contribution >= 4 is 5.91 Å². The van der Waals surface area contributed by atoms with Crippen molar-refractivity contribution in [3.63, 3.8) is 0 Å². The van der Waals surface area contributed by atoms with Crippen LogP contribution in [0, 0.1) is 5.92 Å². The summed E-state index contributed by atoms with van der Waals surface area (Å²) in [5.41, 5.74) is 6.76. The molecule has 0 aromatic heterocycles. The van der Waals surface area contributed by atoms with Gasteiger partial charge >= 0.3 is 0 Å². The molecule has 2 atom stereocenters. The van der Waals surface area contributed by atoms with Crippen molar-refractivity contribution in [3.8, 4) is 5.75 Å². The average molecular weight is 234 g/mol. The number of piperidine rings is 1. The number of hydrogen-bond donors (Lipinski definition) is 2. The Kier molecular flexibility index (Phi) is 3.64. The van der Waals surface area contributed by atoms with Gasteiger partial charge in [-0.05, 0) is 36.6 Å². The molecule has 1 aliphatic rings. The van der Waals surface area contributed by atoms with E-state index >= 15 is 0 Å². The number of nitrogens with one attached hydrogen (secondary N) is 1. The maximum atomic E-state index is 11.5. The van der Waals surface area contributed by atoms with E-state index in [1.54, 1.807) is 7.11 Å². The number of ether oxygens (including phenoxy) is 1. The van der Waals surface area contributed by atoms with Crippen LogP contribution in [0.1, 0.15) is 24.4 Å². The molecule has 0 spiro atoms. The molecule has 1 heterocycles. The van der Waals surface area contributed by atoms with Gasteiger partial charge in [-0.3, -0.25) is 4.79 Å². The highest BCUT2D eigenvalue weighted by atomic mass is 16.5. The molecule has 3 N–H and O–H groups in total. The first kappa shape index (κ1) is 11.9. The lowest BCUT2D eigenvalue weighted by Crippen LogP contribution is -2.39. The van der Waals surface area contributed by atoms with Crippen molar-refractivity contribution in [2.45, 2.75) is 18.9 Å². The summed E-state index contributed by atoms with van der Waals surface area (Å²) in [5, 5.41) is 3.00. The summed E-state index contributed by atoms with van der Waals surface area (Å²) in [7, 11) is 1.64. The van der Waals surface area contributed by atoms with Gasteiger partial charge < -0.3 is 15.8 Å². The summed E-state index contributed by atoms with van der Waals surface area (Å²) in [6, 6.07) is 7.88. The summed E-state index contributed by atoms with van der Waals surface area (Å²) in [6.07, 6.45) is 1.46. The minimum Gasteiger partial charge on any atom is -0.497 e. The smallest absolute Gasteiger partial charge is 0.220 e. The quantitative estimate of drug-likeness (QED) is 0.826. The van der Waals surface area contributed by atoms with E-state index in [2.05, 4.69) is 5.32 Å². The first-order valence-corrected chi connectivity index (χ1v) is 5.86. The number of nitrogens with two attached hydrogens (primary N) is 1. The zero-order chi connectivity index (χ0) is 12.3. The molecular formula is C13H18N2O2. The first-order chi connectivity index (χ1) is 8.22. The van der Waals surface area contributed by atoms with Gasteiger partial charge in [-0.1, -0.05) is 12.1 Å². The Morgan fingerprint density at radius 1 is 1.41 bits per heavy atom. The lowest BCUT2D eigenvalue weighted by molar-refractivity contribution is -0.124. The molecule has 1 fully saturated rings. The number of carbonyl (C=O) groups excluding carboxylic acids is 1. The number of amides is 1. The zero-order valence-electron chi connectivity index (χ0n) is 9.98. The maximum absolute atomic E-state index is 11.5. The fourth-order valence-corrected chi connectivity index (χ4v) is 2.23. The van der Waals surface area contributed by atoms with Crippen molar-refractivity contribution in [1.82, 2.24) is 5.32 Å². The van der Waals surface area contributed by atoms with Crippen molar-refractivity contribution in [2.24, 2.45) is 11.7 Å². The maximum Gasteiger partial charge on any atom is 0.220 e. The van der Waals surface area contributed by atoms with Crippen LogP contribution in [0.4, 0.5) is 0 Å². The molecule has 1 saturated heterocycles. The van der Waals surface area contributed by atoms with Crippen LogP contribution in [-0.2, 0) is 4.79 Å². The third-order valence-corrected chi connectivity index (χ3v) is 3.23. The predicted molar refractivity (Wildman–Crippen MR) is 65.7 cm³/mol. The molecule has 4 heteroatoms. The van der Waals surface area contributed by atoms with E-state index in [0.717, 1.165) is 17.7 Å². The normalized spacial score (nSPS) is 24.2. The topological polar surface area (TPSA) is 64.3 Å². The summed E-state index contributed by atoms with van der Waals surface area (Å²) in [5.74, 6) is 1.20. The molecule has 1 aliphatic heterocycles. The van der Waals surface area contributed by atoms with Gasteiger partial charge in [0, 0.05) is 6.42 Å². The second-order valence-corrected chi connectivity index (χ2v) is 4.43. The summed E-state index contributed by atoms with van der Waals surface area (Å²) in [6.45, 7) is 0.570. The van der Waals surface area contributed by atoms with E-state index in [0.29, 0.717) is 13.0 Å². The fraction of sp³-hybridized carbons (Fsp3) is 0.462. The predicted octanol–water partition coefficient (Wildman–Crippen LogP) is 1.22. The monoisotopic (exact) mass is 234 g/mol. The van der Waals surface area contributed by atoms with Crippen LogP contribution in [0.3, 0.4) is 0 Å². The first-order valence-electron chi connectivity index (χ1n) is 5.86. The average Bonchev–Trinajstić information content (AvgIpc) is 2.38. The van der Waals surface area contributed by atoms with Crippen LogP contribution in [0.25, 0.3) is 0 Å². The molecule has 4 nitrogen and oxygen atoms in total. The molecule has 1 aromatic carbocycles. The standard InChI is InChI=1S/C13H18N2O2/c1-17-11-4-2-10(3-5-11)12-6-9(8-14)7-13(16)15-12/h2-5,9,12H,6-8,14H2,1H3,(H,15,16). The fourth-order valence-electron chi connectivity index (χ4n) is 2.23. The minimum atomic E-state index is 0.0794. The summed E-state index contributed by atoms with van der Waals surface area (Å²) >= 11 is 0. The molecule has 0 aliphatic carbocycles. The van der Waals surface area contributed by atoms with E-state index in [-0.39, 0.29) is 17.9 Å². The number of carbonyl (C=O) groups is 1. The van der Waals surface area contributed by atoms with Gasteiger partial charge in [-0.2, -0.15) is 0 Å². The molecule has 0 radical (unpaired) electrons. The Bertz CT molecular complexity index is 389. The Labute approximate surface area is 101 Å². The third-order valence-electron chi connectivity index (χ3n) is 3.23. The largest absolute Gasteiger partial charge is 0.497 e. The highest BCUT2D eigenvalue weighted by molar-refractivity contribution is 5.77. The Balaban J connectivity index is 2.12. The van der Waals surface area contributed by atoms with E-state index in [1.807, 2.05) is 24.3 Å². The summed E-state index contributed by atoms with van der Waals surface area (Å²) < 4.78 is 5.11. The van der Waals surface area contributed by atoms with E-state index in [1.165, 1.54) is 0 Å². The second-order valence-electron chi connectivity index (χ2n) is 4.43. The van der Waals surface area contributed by atoms with Gasteiger partial charge in [0.15, 0.2) is 0 Å². The molecular weight excluding hydrogens is 216 g/mol. The van der Waals surface area contributed by atoms with E-state index < -0.39 is 0 Å². The SMILES string of the molecule is COc1ccc(C2CC(CN)CC(=O)N2)cc1. The number of hydrogen-bond acceptors (Lipinski definition) is 3. The van der Waals surface area contributed by atoms with Crippen LogP contribution < -0.4 is 15.8 Å². The van der Waals surface area contributed by atoms with Gasteiger partial charge in [0.2, 0.25) is 5.91 Å². The number of methoxy groups -OCH3 is 1. The van der Waals surface area contributed by atoms with Crippen molar-refractivity contribution in [3.05, 3.63) is 29.8 Å². The second kappa shape index (κ2) is 5.19. The van der Waals surface area contributed by atoms with Crippen molar-refractivity contribution in [2.75, 3.05) is 13.7 Å². The van der Waals surface area contributed by atoms with E-state index in [4.69, 9.17) is 10.5 Å². The molecule has 2 unspecified atom stereocenters. The van der Waals surface area contributed by atoms with Crippen LogP contribution in [0.15, 0.2) is 24.3 Å². The van der Waals surface area contributed by atoms with Crippen LogP contribution in [0.2, 0.25) is 0 Å². The van der Waals surface area contributed by atoms with Crippen molar-refractivity contribution in [1.29, 1.82) is 0 Å². The van der Waals surface area contributed by atoms with Gasteiger partial charge in [0.25, 0.3) is 0 Å². The van der Waals surface area contributed by atoms with Crippen molar-refractivity contribution < 1.29 is 9.53 Å². The lowest BCUT2D eigenvalue weighted by atomic mass is 9.88. The molecule has 0 saturated carbocycles. The van der Waals surface area contributed by atoms with Gasteiger partial charge in [-0.15, -0.1) is 0 Å². The zero-order valence-corrected chi connectivity index (χ0v) is 9.98. The van der Waals surface area contributed by atoms with Crippen LogP contribution in [-0.4, -0.2) is 19.6 Å². The van der Waals surface area contributed by atoms with Gasteiger partial charge in [0.05, 0.1) is 13.2 Å². The number of benzene rings is 1. The molecule has 0 bridgehead atoms. The van der Waals surface area contributed by atoms with Crippen LogP contribution >= 0.6 is 0 Å². The van der Waals surface area contributed by atoms with E-state index in [9.17, 15) is 4.79 Å². The number of rotatable bonds is 3. The minimum absolute atomic E-state index is 0.0794. The van der Waals surface area contributed by atoms with Gasteiger partial charge in [0.1, 0.15) is 5.75 Å². The Hall–Kier alpha value is -1.55. The molecule has 2 rings (SSSR count). The molecule has 17 heavy (non-hydrogen) atoms. The highest BCUT2D eigenvalue weighted by Crippen LogP contribution is 2.28. The molecule has 92 valence electrons.